The molecule has 1 nitrogen and oxygen atoms in total. The fourth-order valence-corrected chi connectivity index (χ4v) is 1.83. The quantitative estimate of drug-likeness (QED) is 0.781. The first-order valence-electron chi connectivity index (χ1n) is 5.19. The standard InChI is InChI=1S/C12H16FN/c13-11-4-2-1-3-10(11)5-6-12(9-14)7-8-12/h1-4H,5-9,14H2. The number of aryl methyl sites for hydroxylation is 1. The zero-order valence-corrected chi connectivity index (χ0v) is 8.30. The number of hydrogen-bond acceptors (Lipinski definition) is 1. The van der Waals surface area contributed by atoms with Gasteiger partial charge in [0.25, 0.3) is 0 Å². The molecule has 2 N–H and O–H groups in total. The molecule has 1 aromatic carbocycles. The van der Waals surface area contributed by atoms with Gasteiger partial charge in [0.1, 0.15) is 5.82 Å². The molecular formula is C12H16FN. The van der Waals surface area contributed by atoms with Gasteiger partial charge < -0.3 is 5.73 Å². The lowest BCUT2D eigenvalue weighted by Gasteiger charge is -2.11. The van der Waals surface area contributed by atoms with E-state index in [0.717, 1.165) is 24.9 Å². The van der Waals surface area contributed by atoms with Crippen molar-refractivity contribution >= 4 is 0 Å². The maximum absolute atomic E-state index is 13.3. The first kappa shape index (κ1) is 9.66. The molecule has 0 heterocycles. The van der Waals surface area contributed by atoms with E-state index in [9.17, 15) is 4.39 Å². The number of benzene rings is 1. The van der Waals surface area contributed by atoms with Gasteiger partial charge in [-0.1, -0.05) is 18.2 Å². The number of halogens is 1. The van der Waals surface area contributed by atoms with E-state index in [4.69, 9.17) is 5.73 Å². The number of nitrogens with two attached hydrogens (primary N) is 1. The minimum atomic E-state index is -0.0830. The Morgan fingerprint density at radius 2 is 2.00 bits per heavy atom. The summed E-state index contributed by atoms with van der Waals surface area (Å²) in [5.74, 6) is -0.0830. The lowest BCUT2D eigenvalue weighted by Crippen LogP contribution is -2.16. The Labute approximate surface area is 84.1 Å². The molecule has 76 valence electrons. The highest BCUT2D eigenvalue weighted by molar-refractivity contribution is 5.18. The monoisotopic (exact) mass is 193 g/mol. The van der Waals surface area contributed by atoms with Gasteiger partial charge >= 0.3 is 0 Å². The molecule has 0 aromatic heterocycles. The molecule has 14 heavy (non-hydrogen) atoms. The maximum Gasteiger partial charge on any atom is 0.126 e. The van der Waals surface area contributed by atoms with E-state index in [0.29, 0.717) is 5.41 Å². The van der Waals surface area contributed by atoms with Gasteiger partial charge in [0.15, 0.2) is 0 Å². The molecule has 1 aliphatic carbocycles. The van der Waals surface area contributed by atoms with Crippen molar-refractivity contribution in [3.05, 3.63) is 35.6 Å². The summed E-state index contributed by atoms with van der Waals surface area (Å²) in [7, 11) is 0. The van der Waals surface area contributed by atoms with Gasteiger partial charge in [-0.25, -0.2) is 4.39 Å². The molecule has 0 amide bonds. The van der Waals surface area contributed by atoms with Crippen molar-refractivity contribution < 1.29 is 4.39 Å². The van der Waals surface area contributed by atoms with E-state index in [1.54, 1.807) is 6.07 Å². The molecule has 0 aliphatic heterocycles. The molecule has 0 spiro atoms. The summed E-state index contributed by atoms with van der Waals surface area (Å²) in [6.45, 7) is 0.751. The highest BCUT2D eigenvalue weighted by atomic mass is 19.1. The summed E-state index contributed by atoms with van der Waals surface area (Å²) in [5, 5.41) is 0. The highest BCUT2D eigenvalue weighted by Crippen LogP contribution is 2.48. The van der Waals surface area contributed by atoms with Gasteiger partial charge in [-0.15, -0.1) is 0 Å². The van der Waals surface area contributed by atoms with Gasteiger partial charge in [0, 0.05) is 0 Å². The average Bonchev–Trinajstić information content (AvgIpc) is 2.98. The van der Waals surface area contributed by atoms with Crippen LogP contribution in [0.3, 0.4) is 0 Å². The summed E-state index contributed by atoms with van der Waals surface area (Å²) in [6, 6.07) is 7.01. The molecule has 0 bridgehead atoms. The van der Waals surface area contributed by atoms with Crippen LogP contribution in [-0.4, -0.2) is 6.54 Å². The molecule has 0 unspecified atom stereocenters. The summed E-state index contributed by atoms with van der Waals surface area (Å²) in [4.78, 5) is 0. The molecule has 2 rings (SSSR count). The Kier molecular flexibility index (Phi) is 2.55. The van der Waals surface area contributed by atoms with Crippen LogP contribution < -0.4 is 5.73 Å². The van der Waals surface area contributed by atoms with Crippen molar-refractivity contribution in [1.29, 1.82) is 0 Å². The predicted molar refractivity (Wildman–Crippen MR) is 55.4 cm³/mol. The van der Waals surface area contributed by atoms with Crippen LogP contribution in [0, 0.1) is 11.2 Å². The number of hydrogen-bond donors (Lipinski definition) is 1. The molecular weight excluding hydrogens is 177 g/mol. The fraction of sp³-hybridized carbons (Fsp3) is 0.500. The van der Waals surface area contributed by atoms with Crippen LogP contribution >= 0.6 is 0 Å². The van der Waals surface area contributed by atoms with Crippen molar-refractivity contribution in [2.24, 2.45) is 11.1 Å². The Morgan fingerprint density at radius 3 is 2.57 bits per heavy atom. The maximum atomic E-state index is 13.3. The van der Waals surface area contributed by atoms with Crippen LogP contribution in [0.5, 0.6) is 0 Å². The normalized spacial score (nSPS) is 18.1. The van der Waals surface area contributed by atoms with Crippen LogP contribution in [0.2, 0.25) is 0 Å². The molecule has 1 aromatic rings. The fourth-order valence-electron chi connectivity index (χ4n) is 1.83. The van der Waals surface area contributed by atoms with Crippen molar-refractivity contribution in [3.8, 4) is 0 Å². The van der Waals surface area contributed by atoms with E-state index in [-0.39, 0.29) is 5.82 Å². The molecule has 1 fully saturated rings. The van der Waals surface area contributed by atoms with Crippen LogP contribution in [-0.2, 0) is 6.42 Å². The minimum Gasteiger partial charge on any atom is -0.330 e. The van der Waals surface area contributed by atoms with E-state index in [2.05, 4.69) is 0 Å². The van der Waals surface area contributed by atoms with Gasteiger partial charge in [0.2, 0.25) is 0 Å². The largest absolute Gasteiger partial charge is 0.330 e. The van der Waals surface area contributed by atoms with Crippen LogP contribution in [0.1, 0.15) is 24.8 Å². The second kappa shape index (κ2) is 3.70. The molecule has 2 heteroatoms. The minimum absolute atomic E-state index is 0.0830. The van der Waals surface area contributed by atoms with E-state index >= 15 is 0 Å². The first-order valence-corrected chi connectivity index (χ1v) is 5.19. The summed E-state index contributed by atoms with van der Waals surface area (Å²) >= 11 is 0. The van der Waals surface area contributed by atoms with E-state index < -0.39 is 0 Å². The third-order valence-electron chi connectivity index (χ3n) is 3.27. The molecule has 0 atom stereocenters. The van der Waals surface area contributed by atoms with Crippen LogP contribution in [0.15, 0.2) is 24.3 Å². The molecule has 0 saturated heterocycles. The first-order chi connectivity index (χ1) is 6.76. The molecule has 1 saturated carbocycles. The van der Waals surface area contributed by atoms with Gasteiger partial charge in [-0.2, -0.15) is 0 Å². The smallest absolute Gasteiger partial charge is 0.126 e. The van der Waals surface area contributed by atoms with Gasteiger partial charge in [0.05, 0.1) is 0 Å². The Balaban J connectivity index is 1.95. The SMILES string of the molecule is NCC1(CCc2ccccc2F)CC1. The van der Waals surface area contributed by atoms with E-state index in [1.165, 1.54) is 18.9 Å². The third-order valence-corrected chi connectivity index (χ3v) is 3.27. The highest BCUT2D eigenvalue weighted by Gasteiger charge is 2.40. The summed E-state index contributed by atoms with van der Waals surface area (Å²) in [5.41, 5.74) is 6.85. The Hall–Kier alpha value is -0.890. The zero-order chi connectivity index (χ0) is 10.0. The van der Waals surface area contributed by atoms with Crippen molar-refractivity contribution in [2.45, 2.75) is 25.7 Å². The second-order valence-corrected chi connectivity index (χ2v) is 4.30. The van der Waals surface area contributed by atoms with Gasteiger partial charge in [-0.3, -0.25) is 0 Å². The Bertz CT molecular complexity index is 318. The van der Waals surface area contributed by atoms with Gasteiger partial charge in [-0.05, 0) is 49.3 Å². The zero-order valence-electron chi connectivity index (χ0n) is 8.30. The summed E-state index contributed by atoms with van der Waals surface area (Å²) in [6.07, 6.45) is 4.30. The van der Waals surface area contributed by atoms with Crippen molar-refractivity contribution in [2.75, 3.05) is 6.54 Å². The van der Waals surface area contributed by atoms with Crippen molar-refractivity contribution in [1.82, 2.24) is 0 Å². The summed E-state index contributed by atoms with van der Waals surface area (Å²) < 4.78 is 13.3. The topological polar surface area (TPSA) is 26.0 Å². The second-order valence-electron chi connectivity index (χ2n) is 4.30. The van der Waals surface area contributed by atoms with Crippen LogP contribution in [0.25, 0.3) is 0 Å². The van der Waals surface area contributed by atoms with Crippen LogP contribution in [0.4, 0.5) is 4.39 Å². The molecule has 0 radical (unpaired) electrons. The lowest BCUT2D eigenvalue weighted by atomic mass is 9.97. The average molecular weight is 193 g/mol. The Morgan fingerprint density at radius 1 is 1.29 bits per heavy atom. The van der Waals surface area contributed by atoms with E-state index in [1.807, 2.05) is 12.1 Å². The lowest BCUT2D eigenvalue weighted by molar-refractivity contribution is 0.471. The number of rotatable bonds is 4. The van der Waals surface area contributed by atoms with Crippen molar-refractivity contribution in [3.63, 3.8) is 0 Å². The third kappa shape index (κ3) is 1.95. The molecule has 1 aliphatic rings. The predicted octanol–water partition coefficient (Wildman–Crippen LogP) is 2.50.